The number of hydrogen-bond acceptors (Lipinski definition) is 8. The molecule has 164 valence electrons. The zero-order valence-corrected chi connectivity index (χ0v) is 18.3. The molecule has 0 aliphatic carbocycles. The molecule has 0 spiro atoms. The van der Waals surface area contributed by atoms with Crippen LogP contribution in [0.2, 0.25) is 0 Å². The minimum Gasteiger partial charge on any atom is -0.462 e. The van der Waals surface area contributed by atoms with Crippen molar-refractivity contribution in [2.24, 2.45) is 0 Å². The first-order valence-electron chi connectivity index (χ1n) is 8.36. The molecule has 0 aliphatic heterocycles. The number of hydrogen-bond donors (Lipinski definition) is 1. The number of halogens is 1. The molecule has 0 unspecified atom stereocenters. The van der Waals surface area contributed by atoms with Crippen LogP contribution in [0.25, 0.3) is 0 Å². The minimum absolute atomic E-state index is 0.0898. The molecule has 0 atom stereocenters. The van der Waals surface area contributed by atoms with Crippen LogP contribution in [0, 0.1) is 0 Å². The first-order chi connectivity index (χ1) is 13.9. The van der Waals surface area contributed by atoms with E-state index in [0.717, 1.165) is 6.07 Å². The lowest BCUT2D eigenvalue weighted by Gasteiger charge is -2.02. The van der Waals surface area contributed by atoms with Gasteiger partial charge in [0.2, 0.25) is 0 Å². The second-order valence-electron chi connectivity index (χ2n) is 5.41. The number of benzene rings is 2. The molecule has 0 saturated carbocycles. The second kappa shape index (κ2) is 11.1. The molecule has 0 aromatic heterocycles. The molecule has 2 aromatic carbocycles. The van der Waals surface area contributed by atoms with Crippen LogP contribution >= 0.6 is 10.7 Å². The molecule has 0 fully saturated rings. The molecule has 2 aromatic rings. The van der Waals surface area contributed by atoms with Gasteiger partial charge in [-0.25, -0.2) is 18.0 Å². The van der Waals surface area contributed by atoms with Crippen LogP contribution in [0.1, 0.15) is 34.6 Å². The van der Waals surface area contributed by atoms with Crippen molar-refractivity contribution in [3.8, 4) is 0 Å². The molecule has 0 saturated heterocycles. The summed E-state index contributed by atoms with van der Waals surface area (Å²) in [5, 5.41) is 0. The zero-order chi connectivity index (χ0) is 22.9. The van der Waals surface area contributed by atoms with Gasteiger partial charge < -0.3 is 9.47 Å². The molecule has 0 radical (unpaired) electrons. The average Bonchev–Trinajstić information content (AvgIpc) is 2.68. The van der Waals surface area contributed by atoms with Gasteiger partial charge in [-0.2, -0.15) is 8.42 Å². The maximum atomic E-state index is 11.3. The van der Waals surface area contributed by atoms with Crippen LogP contribution in [-0.4, -0.2) is 46.5 Å². The summed E-state index contributed by atoms with van der Waals surface area (Å²) in [5.74, 6) is -1.19. The van der Waals surface area contributed by atoms with E-state index in [4.69, 9.17) is 20.0 Å². The SMILES string of the molecule is CCOC(=O)c1cccc(S(=O)(=O)Cl)c1.CCOC(=O)c1cccc(S(=O)(=O)O)c1. The standard InChI is InChI=1S/C9H9ClO4S.C9H10O5S/c1-2-14-9(11)7-4-3-5-8(6-7)15(10,12)13;1-2-14-9(10)7-4-3-5-8(6-7)15(11,12)13/h3-6H,2H2,1H3;3-6H,2H2,1H3,(H,11,12,13). The molecule has 0 bridgehead atoms. The Bertz CT molecular complexity index is 1020. The van der Waals surface area contributed by atoms with E-state index in [1.165, 1.54) is 42.5 Å². The molecule has 9 nitrogen and oxygen atoms in total. The smallest absolute Gasteiger partial charge is 0.338 e. The highest BCUT2D eigenvalue weighted by Crippen LogP contribution is 2.16. The monoisotopic (exact) mass is 478 g/mol. The lowest BCUT2D eigenvalue weighted by atomic mass is 10.2. The lowest BCUT2D eigenvalue weighted by Crippen LogP contribution is -2.06. The Morgan fingerprint density at radius 3 is 1.60 bits per heavy atom. The highest BCUT2D eigenvalue weighted by Gasteiger charge is 2.14. The van der Waals surface area contributed by atoms with Gasteiger partial charge in [0.25, 0.3) is 19.2 Å². The van der Waals surface area contributed by atoms with Crippen molar-refractivity contribution >= 4 is 41.8 Å². The largest absolute Gasteiger partial charge is 0.462 e. The van der Waals surface area contributed by atoms with E-state index >= 15 is 0 Å². The van der Waals surface area contributed by atoms with Crippen LogP contribution in [0.3, 0.4) is 0 Å². The normalized spacial score (nSPS) is 11.1. The third-order valence-corrected chi connectivity index (χ3v) is 5.47. The van der Waals surface area contributed by atoms with Crippen molar-refractivity contribution in [3.63, 3.8) is 0 Å². The molecule has 0 aliphatic rings. The van der Waals surface area contributed by atoms with Crippen LogP contribution in [0.5, 0.6) is 0 Å². The van der Waals surface area contributed by atoms with Gasteiger partial charge in [0.1, 0.15) is 0 Å². The van der Waals surface area contributed by atoms with Crippen molar-refractivity contribution in [2.75, 3.05) is 13.2 Å². The third kappa shape index (κ3) is 8.11. The van der Waals surface area contributed by atoms with Gasteiger partial charge in [0.05, 0.1) is 34.1 Å². The number of carbonyl (C=O) groups is 2. The van der Waals surface area contributed by atoms with Crippen LogP contribution in [-0.2, 0) is 28.6 Å². The van der Waals surface area contributed by atoms with Gasteiger partial charge in [0, 0.05) is 10.7 Å². The Labute approximate surface area is 178 Å². The van der Waals surface area contributed by atoms with Crippen LogP contribution < -0.4 is 0 Å². The van der Waals surface area contributed by atoms with E-state index < -0.39 is 31.1 Å². The summed E-state index contributed by atoms with van der Waals surface area (Å²) in [6.45, 7) is 3.75. The molecular weight excluding hydrogens is 460 g/mol. The summed E-state index contributed by atoms with van der Waals surface area (Å²) < 4.78 is 61.6. The number of rotatable bonds is 6. The predicted octanol–water partition coefficient (Wildman–Crippen LogP) is 2.90. The third-order valence-electron chi connectivity index (χ3n) is 3.27. The first-order valence-corrected chi connectivity index (χ1v) is 12.1. The highest BCUT2D eigenvalue weighted by molar-refractivity contribution is 8.13. The Balaban J connectivity index is 0.000000300. The van der Waals surface area contributed by atoms with E-state index in [1.54, 1.807) is 13.8 Å². The van der Waals surface area contributed by atoms with Crippen molar-refractivity contribution < 1.29 is 40.5 Å². The minimum atomic E-state index is -4.28. The van der Waals surface area contributed by atoms with E-state index in [0.29, 0.717) is 0 Å². The summed E-state index contributed by atoms with van der Waals surface area (Å²) in [5.41, 5.74) is 0.255. The Morgan fingerprint density at radius 1 is 0.833 bits per heavy atom. The molecule has 12 heteroatoms. The summed E-state index contributed by atoms with van der Waals surface area (Å²) >= 11 is 0. The fourth-order valence-corrected chi connectivity index (χ4v) is 3.31. The van der Waals surface area contributed by atoms with Gasteiger partial charge in [0.15, 0.2) is 0 Å². The fraction of sp³-hybridized carbons (Fsp3) is 0.222. The zero-order valence-electron chi connectivity index (χ0n) is 15.9. The summed E-state index contributed by atoms with van der Waals surface area (Å²) in [7, 11) is -2.96. The Kier molecular flexibility index (Phi) is 9.43. The molecule has 2 rings (SSSR count). The molecule has 0 amide bonds. The van der Waals surface area contributed by atoms with Gasteiger partial charge in [-0.05, 0) is 50.2 Å². The van der Waals surface area contributed by atoms with E-state index in [2.05, 4.69) is 4.74 Å². The molecule has 30 heavy (non-hydrogen) atoms. The summed E-state index contributed by atoms with van der Waals surface area (Å²) in [4.78, 5) is 22.0. The van der Waals surface area contributed by atoms with E-state index in [-0.39, 0.29) is 34.1 Å². The average molecular weight is 479 g/mol. The first kappa shape index (κ1) is 25.6. The highest BCUT2D eigenvalue weighted by atomic mass is 35.7. The van der Waals surface area contributed by atoms with Crippen molar-refractivity contribution in [1.82, 2.24) is 0 Å². The van der Waals surface area contributed by atoms with Gasteiger partial charge in [-0.1, -0.05) is 12.1 Å². The molecule has 1 N–H and O–H groups in total. The van der Waals surface area contributed by atoms with Crippen LogP contribution in [0.4, 0.5) is 0 Å². The van der Waals surface area contributed by atoms with Gasteiger partial charge in [-0.15, -0.1) is 0 Å². The van der Waals surface area contributed by atoms with Crippen molar-refractivity contribution in [2.45, 2.75) is 23.6 Å². The molecular formula is C18H19ClO9S2. The Morgan fingerprint density at radius 2 is 1.23 bits per heavy atom. The van der Waals surface area contributed by atoms with Crippen molar-refractivity contribution in [3.05, 3.63) is 59.7 Å². The maximum Gasteiger partial charge on any atom is 0.338 e. The van der Waals surface area contributed by atoms with Gasteiger partial charge >= 0.3 is 11.9 Å². The fourth-order valence-electron chi connectivity index (χ4n) is 1.99. The summed E-state index contributed by atoms with van der Waals surface area (Å²) in [6, 6.07) is 10.4. The second-order valence-corrected chi connectivity index (χ2v) is 9.40. The molecule has 0 heterocycles. The van der Waals surface area contributed by atoms with E-state index in [1.807, 2.05) is 0 Å². The maximum absolute atomic E-state index is 11.3. The Hall–Kier alpha value is -2.47. The van der Waals surface area contributed by atoms with Gasteiger partial charge in [-0.3, -0.25) is 4.55 Å². The number of carbonyl (C=O) groups excluding carboxylic acids is 2. The van der Waals surface area contributed by atoms with Crippen molar-refractivity contribution in [1.29, 1.82) is 0 Å². The summed E-state index contributed by atoms with van der Waals surface area (Å²) in [6.07, 6.45) is 0. The number of ether oxygens (including phenoxy) is 2. The topological polar surface area (TPSA) is 141 Å². The van der Waals surface area contributed by atoms with Crippen LogP contribution in [0.15, 0.2) is 58.3 Å². The number of esters is 2. The van der Waals surface area contributed by atoms with E-state index in [9.17, 15) is 26.4 Å². The lowest BCUT2D eigenvalue weighted by molar-refractivity contribution is 0.0516. The predicted molar refractivity (Wildman–Crippen MR) is 108 cm³/mol. The quantitative estimate of drug-likeness (QED) is 0.376.